The van der Waals surface area contributed by atoms with E-state index in [1.807, 2.05) is 42.2 Å². The van der Waals surface area contributed by atoms with Crippen molar-refractivity contribution in [3.8, 4) is 0 Å². The first-order valence-electron chi connectivity index (χ1n) is 8.64. The minimum absolute atomic E-state index is 0.181. The normalized spacial score (nSPS) is 17.9. The number of aromatic nitrogens is 2. The van der Waals surface area contributed by atoms with Crippen LogP contribution in [0.5, 0.6) is 0 Å². The van der Waals surface area contributed by atoms with Crippen LogP contribution < -0.4 is 0 Å². The lowest BCUT2D eigenvalue weighted by Gasteiger charge is -2.32. The zero-order chi connectivity index (χ0) is 16.8. The van der Waals surface area contributed by atoms with Crippen molar-refractivity contribution < 1.29 is 9.53 Å². The molecule has 1 N–H and O–H groups in total. The van der Waals surface area contributed by atoms with Gasteiger partial charge in [-0.3, -0.25) is 9.89 Å². The second-order valence-corrected chi connectivity index (χ2v) is 6.44. The monoisotopic (exact) mass is 327 g/mol. The predicted molar refractivity (Wildman–Crippen MR) is 92.6 cm³/mol. The Morgan fingerprint density at radius 2 is 2.21 bits per heavy atom. The summed E-state index contributed by atoms with van der Waals surface area (Å²) in [4.78, 5) is 14.4. The minimum Gasteiger partial charge on any atom is -0.376 e. The van der Waals surface area contributed by atoms with Crippen molar-refractivity contribution >= 4 is 5.91 Å². The highest BCUT2D eigenvalue weighted by atomic mass is 16.5. The first-order chi connectivity index (χ1) is 11.7. The molecule has 5 nitrogen and oxygen atoms in total. The lowest BCUT2D eigenvalue weighted by atomic mass is 9.94. The van der Waals surface area contributed by atoms with Crippen LogP contribution in [-0.4, -0.2) is 40.7 Å². The van der Waals surface area contributed by atoms with Crippen molar-refractivity contribution in [2.24, 2.45) is 0 Å². The van der Waals surface area contributed by atoms with E-state index in [9.17, 15) is 4.79 Å². The van der Waals surface area contributed by atoms with Crippen molar-refractivity contribution in [3.63, 3.8) is 0 Å². The second kappa shape index (κ2) is 8.11. The van der Waals surface area contributed by atoms with Gasteiger partial charge in [-0.1, -0.05) is 30.3 Å². The van der Waals surface area contributed by atoms with Crippen molar-refractivity contribution in [2.45, 2.75) is 38.7 Å². The number of ether oxygens (including phenoxy) is 1. The van der Waals surface area contributed by atoms with E-state index in [2.05, 4.69) is 16.3 Å². The van der Waals surface area contributed by atoms with E-state index >= 15 is 0 Å². The number of H-pyrrole nitrogens is 1. The standard InChI is InChI=1S/C19H25N3O2/c1-15-12-18(21-20-15)17-8-5-10-22(13-17)19(23)9-11-24-14-16-6-3-2-4-7-16/h2-4,6-7,12,17H,5,8-11,13-14H2,1H3,(H,20,21). The third-order valence-corrected chi connectivity index (χ3v) is 4.49. The van der Waals surface area contributed by atoms with Gasteiger partial charge in [-0.15, -0.1) is 0 Å². The molecule has 1 aromatic heterocycles. The van der Waals surface area contributed by atoms with Gasteiger partial charge >= 0.3 is 0 Å². The van der Waals surface area contributed by atoms with Gasteiger partial charge in [-0.25, -0.2) is 0 Å². The van der Waals surface area contributed by atoms with E-state index < -0.39 is 0 Å². The molecular weight excluding hydrogens is 302 g/mol. The molecule has 5 heteroatoms. The highest BCUT2D eigenvalue weighted by molar-refractivity contribution is 5.76. The maximum absolute atomic E-state index is 12.4. The number of nitrogens with zero attached hydrogens (tertiary/aromatic N) is 2. The van der Waals surface area contributed by atoms with E-state index in [0.29, 0.717) is 25.6 Å². The molecule has 1 saturated heterocycles. The zero-order valence-corrected chi connectivity index (χ0v) is 14.2. The van der Waals surface area contributed by atoms with Crippen LogP contribution in [0.2, 0.25) is 0 Å². The third-order valence-electron chi connectivity index (χ3n) is 4.49. The average molecular weight is 327 g/mol. The number of amides is 1. The number of carbonyl (C=O) groups excluding carboxylic acids is 1. The molecule has 2 heterocycles. The first kappa shape index (κ1) is 16.7. The molecular formula is C19H25N3O2. The molecule has 1 fully saturated rings. The Labute approximate surface area is 143 Å². The van der Waals surface area contributed by atoms with Crippen LogP contribution in [-0.2, 0) is 16.1 Å². The van der Waals surface area contributed by atoms with E-state index in [4.69, 9.17) is 4.74 Å². The van der Waals surface area contributed by atoms with Crippen molar-refractivity contribution in [1.29, 1.82) is 0 Å². The van der Waals surface area contributed by atoms with E-state index in [1.54, 1.807) is 0 Å². The van der Waals surface area contributed by atoms with Gasteiger partial charge < -0.3 is 9.64 Å². The summed E-state index contributed by atoms with van der Waals surface area (Å²) < 4.78 is 5.63. The van der Waals surface area contributed by atoms with Gasteiger partial charge in [0.05, 0.1) is 25.3 Å². The molecule has 1 aliphatic heterocycles. The Kier molecular flexibility index (Phi) is 5.64. The van der Waals surface area contributed by atoms with E-state index in [-0.39, 0.29) is 5.91 Å². The largest absolute Gasteiger partial charge is 0.376 e. The molecule has 1 unspecified atom stereocenters. The summed E-state index contributed by atoms with van der Waals surface area (Å²) >= 11 is 0. The number of piperidine rings is 1. The number of hydrogen-bond donors (Lipinski definition) is 1. The molecule has 0 saturated carbocycles. The number of likely N-dealkylation sites (tertiary alicyclic amines) is 1. The maximum atomic E-state index is 12.4. The topological polar surface area (TPSA) is 58.2 Å². The summed E-state index contributed by atoms with van der Waals surface area (Å²) in [5.41, 5.74) is 3.28. The summed E-state index contributed by atoms with van der Waals surface area (Å²) in [6.07, 6.45) is 2.57. The van der Waals surface area contributed by atoms with Gasteiger partial charge in [0.25, 0.3) is 0 Å². The SMILES string of the molecule is Cc1cc(C2CCCN(C(=O)CCOCc3ccccc3)C2)n[nH]1. The summed E-state index contributed by atoms with van der Waals surface area (Å²) in [7, 11) is 0. The number of rotatable bonds is 6. The molecule has 1 amide bonds. The summed E-state index contributed by atoms with van der Waals surface area (Å²) in [6, 6.07) is 12.1. The van der Waals surface area contributed by atoms with Crippen LogP contribution >= 0.6 is 0 Å². The Morgan fingerprint density at radius 3 is 2.96 bits per heavy atom. The molecule has 0 aliphatic carbocycles. The Bertz CT molecular complexity index is 654. The van der Waals surface area contributed by atoms with Gasteiger partial charge in [-0.05, 0) is 31.4 Å². The highest BCUT2D eigenvalue weighted by Gasteiger charge is 2.25. The minimum atomic E-state index is 0.181. The number of benzene rings is 1. The Balaban J connectivity index is 1.43. The predicted octanol–water partition coefficient (Wildman–Crippen LogP) is 3.03. The molecule has 0 spiro atoms. The fourth-order valence-electron chi connectivity index (χ4n) is 3.18. The summed E-state index contributed by atoms with van der Waals surface area (Å²) in [5.74, 6) is 0.526. The van der Waals surface area contributed by atoms with E-state index in [1.165, 1.54) is 0 Å². The summed E-state index contributed by atoms with van der Waals surface area (Å²) in [6.45, 7) is 4.64. The first-order valence-corrected chi connectivity index (χ1v) is 8.64. The molecule has 24 heavy (non-hydrogen) atoms. The number of aryl methyl sites for hydroxylation is 1. The van der Waals surface area contributed by atoms with Gasteiger partial charge in [0.2, 0.25) is 5.91 Å². The van der Waals surface area contributed by atoms with Crippen LogP contribution in [0, 0.1) is 6.92 Å². The van der Waals surface area contributed by atoms with Crippen LogP contribution in [0.1, 0.15) is 42.1 Å². The Hall–Kier alpha value is -2.14. The van der Waals surface area contributed by atoms with Gasteiger partial charge in [-0.2, -0.15) is 5.10 Å². The maximum Gasteiger partial charge on any atom is 0.224 e. The molecule has 1 aromatic carbocycles. The molecule has 1 aliphatic rings. The quantitative estimate of drug-likeness (QED) is 0.830. The third kappa shape index (κ3) is 4.45. The molecule has 128 valence electrons. The zero-order valence-electron chi connectivity index (χ0n) is 14.2. The lowest BCUT2D eigenvalue weighted by Crippen LogP contribution is -2.39. The molecule has 0 bridgehead atoms. The van der Waals surface area contributed by atoms with E-state index in [0.717, 1.165) is 42.9 Å². The van der Waals surface area contributed by atoms with Gasteiger partial charge in [0.1, 0.15) is 0 Å². The molecule has 1 atom stereocenters. The Morgan fingerprint density at radius 1 is 1.38 bits per heavy atom. The van der Waals surface area contributed by atoms with Crippen molar-refractivity contribution in [1.82, 2.24) is 15.1 Å². The second-order valence-electron chi connectivity index (χ2n) is 6.44. The van der Waals surface area contributed by atoms with Crippen LogP contribution in [0.25, 0.3) is 0 Å². The lowest BCUT2D eigenvalue weighted by molar-refractivity contribution is -0.133. The molecule has 2 aromatic rings. The smallest absolute Gasteiger partial charge is 0.224 e. The average Bonchev–Trinajstić information content (AvgIpc) is 3.06. The van der Waals surface area contributed by atoms with Crippen LogP contribution in [0.15, 0.2) is 36.4 Å². The highest BCUT2D eigenvalue weighted by Crippen LogP contribution is 2.26. The van der Waals surface area contributed by atoms with Gasteiger partial charge in [0.15, 0.2) is 0 Å². The van der Waals surface area contributed by atoms with Crippen molar-refractivity contribution in [2.75, 3.05) is 19.7 Å². The van der Waals surface area contributed by atoms with Crippen LogP contribution in [0.4, 0.5) is 0 Å². The summed E-state index contributed by atoms with van der Waals surface area (Å²) in [5, 5.41) is 7.35. The number of carbonyl (C=O) groups is 1. The van der Waals surface area contributed by atoms with Gasteiger partial charge in [0, 0.05) is 24.7 Å². The van der Waals surface area contributed by atoms with Crippen molar-refractivity contribution in [3.05, 3.63) is 53.3 Å². The molecule has 0 radical (unpaired) electrons. The number of hydrogen-bond acceptors (Lipinski definition) is 3. The fourth-order valence-corrected chi connectivity index (χ4v) is 3.18. The fraction of sp³-hybridized carbons (Fsp3) is 0.474. The number of nitrogens with one attached hydrogen (secondary N) is 1. The van der Waals surface area contributed by atoms with Crippen LogP contribution in [0.3, 0.4) is 0 Å². The molecule has 3 rings (SSSR count). The number of aromatic amines is 1.